The summed E-state index contributed by atoms with van der Waals surface area (Å²) in [6.07, 6.45) is 1.02. The predicted octanol–water partition coefficient (Wildman–Crippen LogP) is 2.03. The Morgan fingerprint density at radius 3 is 2.47 bits per heavy atom. The van der Waals surface area contributed by atoms with Crippen molar-refractivity contribution >= 4 is 0 Å². The number of aliphatic hydroxyl groups excluding tert-OH is 1. The molecular formula is C11H19FN2O. The molecule has 0 saturated carbocycles. The molecule has 0 aliphatic rings. The van der Waals surface area contributed by atoms with E-state index in [2.05, 4.69) is 5.10 Å². The fourth-order valence-corrected chi connectivity index (χ4v) is 1.95. The van der Waals surface area contributed by atoms with Crippen LogP contribution in [0.1, 0.15) is 43.8 Å². The zero-order valence-electron chi connectivity index (χ0n) is 9.63. The fraction of sp³-hybridized carbons (Fsp3) is 0.727. The average Bonchev–Trinajstić information content (AvgIpc) is 2.56. The highest BCUT2D eigenvalue weighted by atomic mass is 19.1. The molecule has 1 unspecified atom stereocenters. The highest BCUT2D eigenvalue weighted by Gasteiger charge is 2.18. The first kappa shape index (κ1) is 12.2. The van der Waals surface area contributed by atoms with Crippen LogP contribution >= 0.6 is 0 Å². The average molecular weight is 214 g/mol. The van der Waals surface area contributed by atoms with Crippen molar-refractivity contribution in [3.63, 3.8) is 0 Å². The standard InChI is InChI=1S/C11H19FN2O/c1-4-9-11(8(3)15)10(5-2)14(13-9)7-6-12/h8,15H,4-7H2,1-3H3. The highest BCUT2D eigenvalue weighted by Crippen LogP contribution is 2.23. The van der Waals surface area contributed by atoms with Gasteiger partial charge >= 0.3 is 0 Å². The summed E-state index contributed by atoms with van der Waals surface area (Å²) in [7, 11) is 0. The SMILES string of the molecule is CCc1nn(CCF)c(CC)c1C(C)O. The van der Waals surface area contributed by atoms with E-state index in [9.17, 15) is 9.50 Å². The molecule has 0 saturated heterocycles. The van der Waals surface area contributed by atoms with E-state index < -0.39 is 12.8 Å². The summed E-state index contributed by atoms with van der Waals surface area (Å²) in [5.74, 6) is 0. The molecule has 0 fully saturated rings. The Morgan fingerprint density at radius 2 is 2.07 bits per heavy atom. The van der Waals surface area contributed by atoms with Gasteiger partial charge in [-0.3, -0.25) is 4.68 Å². The second-order valence-corrected chi connectivity index (χ2v) is 3.60. The number of aromatic nitrogens is 2. The topological polar surface area (TPSA) is 38.0 Å². The van der Waals surface area contributed by atoms with Gasteiger partial charge in [0.2, 0.25) is 0 Å². The third kappa shape index (κ3) is 2.37. The lowest BCUT2D eigenvalue weighted by atomic mass is 10.0. The Bertz CT molecular complexity index is 321. The number of halogens is 1. The summed E-state index contributed by atoms with van der Waals surface area (Å²) < 4.78 is 14.0. The molecular weight excluding hydrogens is 195 g/mol. The van der Waals surface area contributed by atoms with Gasteiger partial charge in [-0.2, -0.15) is 5.10 Å². The Balaban J connectivity index is 3.19. The number of rotatable bonds is 5. The van der Waals surface area contributed by atoms with Crippen LogP contribution in [0.3, 0.4) is 0 Å². The molecule has 1 aromatic rings. The van der Waals surface area contributed by atoms with E-state index in [0.29, 0.717) is 0 Å². The molecule has 3 nitrogen and oxygen atoms in total. The Hall–Kier alpha value is -0.900. The molecule has 0 spiro atoms. The molecule has 0 radical (unpaired) electrons. The van der Waals surface area contributed by atoms with Crippen LogP contribution in [0.4, 0.5) is 4.39 Å². The number of alkyl halides is 1. The maximum atomic E-state index is 12.3. The lowest BCUT2D eigenvalue weighted by molar-refractivity contribution is 0.197. The molecule has 0 aliphatic carbocycles. The van der Waals surface area contributed by atoms with Crippen LogP contribution in [-0.4, -0.2) is 21.6 Å². The summed E-state index contributed by atoms with van der Waals surface area (Å²) in [6.45, 7) is 5.58. The van der Waals surface area contributed by atoms with Crippen LogP contribution in [0.15, 0.2) is 0 Å². The minimum Gasteiger partial charge on any atom is -0.389 e. The maximum Gasteiger partial charge on any atom is 0.109 e. The minimum atomic E-state index is -0.525. The first-order chi connectivity index (χ1) is 7.15. The van der Waals surface area contributed by atoms with Crippen molar-refractivity contribution in [2.75, 3.05) is 6.67 Å². The van der Waals surface area contributed by atoms with Crippen LogP contribution in [0.25, 0.3) is 0 Å². The number of aryl methyl sites for hydroxylation is 2. The lowest BCUT2D eigenvalue weighted by Crippen LogP contribution is -2.07. The molecule has 0 amide bonds. The lowest BCUT2D eigenvalue weighted by Gasteiger charge is -2.08. The van der Waals surface area contributed by atoms with Crippen molar-refractivity contribution in [3.8, 4) is 0 Å². The van der Waals surface area contributed by atoms with Gasteiger partial charge in [-0.1, -0.05) is 13.8 Å². The normalized spacial score (nSPS) is 13.1. The van der Waals surface area contributed by atoms with E-state index in [-0.39, 0.29) is 6.54 Å². The predicted molar refractivity (Wildman–Crippen MR) is 57.6 cm³/mol. The maximum absolute atomic E-state index is 12.3. The molecule has 4 heteroatoms. The summed E-state index contributed by atoms with van der Waals surface area (Å²) in [5.41, 5.74) is 2.73. The molecule has 1 rings (SSSR count). The summed E-state index contributed by atoms with van der Waals surface area (Å²) in [4.78, 5) is 0. The molecule has 15 heavy (non-hydrogen) atoms. The van der Waals surface area contributed by atoms with Crippen molar-refractivity contribution in [2.45, 2.75) is 46.3 Å². The van der Waals surface area contributed by atoms with Gasteiger partial charge in [0, 0.05) is 11.3 Å². The molecule has 0 aliphatic heterocycles. The Kier molecular flexibility index (Phi) is 4.27. The van der Waals surface area contributed by atoms with Crippen molar-refractivity contribution in [1.82, 2.24) is 9.78 Å². The van der Waals surface area contributed by atoms with Crippen LogP contribution in [-0.2, 0) is 19.4 Å². The van der Waals surface area contributed by atoms with Gasteiger partial charge in [-0.05, 0) is 19.8 Å². The number of aliphatic hydroxyl groups is 1. The van der Waals surface area contributed by atoms with Gasteiger partial charge < -0.3 is 5.11 Å². The van der Waals surface area contributed by atoms with E-state index in [1.54, 1.807) is 11.6 Å². The second kappa shape index (κ2) is 5.26. The van der Waals surface area contributed by atoms with E-state index in [1.807, 2.05) is 13.8 Å². The van der Waals surface area contributed by atoms with E-state index >= 15 is 0 Å². The third-order valence-electron chi connectivity index (χ3n) is 2.56. The number of hydrogen-bond donors (Lipinski definition) is 1. The van der Waals surface area contributed by atoms with E-state index in [1.165, 1.54) is 0 Å². The second-order valence-electron chi connectivity index (χ2n) is 3.60. The smallest absolute Gasteiger partial charge is 0.109 e. The first-order valence-electron chi connectivity index (χ1n) is 5.48. The molecule has 1 atom stereocenters. The fourth-order valence-electron chi connectivity index (χ4n) is 1.95. The Labute approximate surface area is 89.9 Å². The van der Waals surface area contributed by atoms with Gasteiger partial charge in [0.1, 0.15) is 6.67 Å². The van der Waals surface area contributed by atoms with E-state index in [0.717, 1.165) is 29.8 Å². The molecule has 1 heterocycles. The summed E-state index contributed by atoms with van der Waals surface area (Å²) in [6, 6.07) is 0. The van der Waals surface area contributed by atoms with Crippen LogP contribution < -0.4 is 0 Å². The van der Waals surface area contributed by atoms with E-state index in [4.69, 9.17) is 0 Å². The zero-order valence-corrected chi connectivity index (χ0v) is 9.63. The number of nitrogens with zero attached hydrogens (tertiary/aromatic N) is 2. The van der Waals surface area contributed by atoms with Gasteiger partial charge in [0.25, 0.3) is 0 Å². The van der Waals surface area contributed by atoms with Gasteiger partial charge in [0.05, 0.1) is 18.3 Å². The largest absolute Gasteiger partial charge is 0.389 e. The molecule has 1 N–H and O–H groups in total. The van der Waals surface area contributed by atoms with Crippen molar-refractivity contribution in [2.24, 2.45) is 0 Å². The van der Waals surface area contributed by atoms with Crippen molar-refractivity contribution in [3.05, 3.63) is 17.0 Å². The van der Waals surface area contributed by atoms with Gasteiger partial charge in [-0.25, -0.2) is 4.39 Å². The van der Waals surface area contributed by atoms with Crippen molar-refractivity contribution in [1.29, 1.82) is 0 Å². The van der Waals surface area contributed by atoms with Crippen LogP contribution in [0.2, 0.25) is 0 Å². The molecule has 1 aromatic heterocycles. The van der Waals surface area contributed by atoms with Gasteiger partial charge in [0.15, 0.2) is 0 Å². The Morgan fingerprint density at radius 1 is 1.40 bits per heavy atom. The molecule has 0 bridgehead atoms. The molecule has 86 valence electrons. The van der Waals surface area contributed by atoms with Gasteiger partial charge in [-0.15, -0.1) is 0 Å². The zero-order chi connectivity index (χ0) is 11.4. The summed E-state index contributed by atoms with van der Waals surface area (Å²) in [5, 5.41) is 14.0. The summed E-state index contributed by atoms with van der Waals surface area (Å²) >= 11 is 0. The monoisotopic (exact) mass is 214 g/mol. The highest BCUT2D eigenvalue weighted by molar-refractivity contribution is 5.28. The first-order valence-corrected chi connectivity index (χ1v) is 5.48. The molecule has 0 aromatic carbocycles. The number of hydrogen-bond acceptors (Lipinski definition) is 2. The van der Waals surface area contributed by atoms with Crippen LogP contribution in [0.5, 0.6) is 0 Å². The minimum absolute atomic E-state index is 0.281. The van der Waals surface area contributed by atoms with Crippen molar-refractivity contribution < 1.29 is 9.50 Å². The third-order valence-corrected chi connectivity index (χ3v) is 2.56. The van der Waals surface area contributed by atoms with Crippen LogP contribution in [0, 0.1) is 0 Å². The quantitative estimate of drug-likeness (QED) is 0.814.